The number of aromatic nitrogens is 2. The molecule has 174 valence electrons. The molecule has 1 amide bonds. The van der Waals surface area contributed by atoms with Crippen molar-refractivity contribution in [2.45, 2.75) is 39.0 Å². The van der Waals surface area contributed by atoms with Crippen LogP contribution in [0.4, 0.5) is 11.8 Å². The molecule has 0 unspecified atom stereocenters. The van der Waals surface area contributed by atoms with Crippen molar-refractivity contribution in [3.63, 3.8) is 0 Å². The highest BCUT2D eigenvalue weighted by atomic mass is 35.5. The minimum absolute atomic E-state index is 0. The Hall–Kier alpha value is -2.52. The molecule has 1 saturated heterocycles. The van der Waals surface area contributed by atoms with Gasteiger partial charge in [-0.3, -0.25) is 4.79 Å². The summed E-state index contributed by atoms with van der Waals surface area (Å²) in [5.74, 6) is 2.80. The lowest BCUT2D eigenvalue weighted by Gasteiger charge is -2.32. The minimum Gasteiger partial charge on any atom is -0.493 e. The number of carbonyl (C=O) groups is 1. The lowest BCUT2D eigenvalue weighted by atomic mass is 9.93. The number of nitrogens with zero attached hydrogens (tertiary/aromatic N) is 3. The van der Waals surface area contributed by atoms with Gasteiger partial charge in [0, 0.05) is 37.5 Å². The van der Waals surface area contributed by atoms with Crippen LogP contribution >= 0.6 is 12.4 Å². The number of piperidine rings is 1. The highest BCUT2D eigenvalue weighted by Crippen LogP contribution is 2.34. The number of fused-ring (bicyclic) bond motifs is 1. The largest absolute Gasteiger partial charge is 0.493 e. The van der Waals surface area contributed by atoms with Gasteiger partial charge < -0.3 is 30.9 Å². The Balaban J connectivity index is 0.00000240. The van der Waals surface area contributed by atoms with Crippen LogP contribution in [0.25, 0.3) is 10.9 Å². The molecule has 0 atom stereocenters. The number of hydrogen-bond acceptors (Lipinski definition) is 7. The van der Waals surface area contributed by atoms with Crippen molar-refractivity contribution in [1.29, 1.82) is 0 Å². The summed E-state index contributed by atoms with van der Waals surface area (Å²) in [6.45, 7) is 4.51. The summed E-state index contributed by atoms with van der Waals surface area (Å²) < 4.78 is 10.7. The van der Waals surface area contributed by atoms with E-state index in [1.165, 1.54) is 0 Å². The van der Waals surface area contributed by atoms with Crippen LogP contribution in [0.5, 0.6) is 11.5 Å². The van der Waals surface area contributed by atoms with E-state index in [-0.39, 0.29) is 23.8 Å². The summed E-state index contributed by atoms with van der Waals surface area (Å²) in [5.41, 5.74) is 6.93. The average Bonchev–Trinajstić information content (AvgIpc) is 2.73. The van der Waals surface area contributed by atoms with Crippen molar-refractivity contribution >= 4 is 41.0 Å². The number of amides is 1. The van der Waals surface area contributed by atoms with Crippen LogP contribution in [0.3, 0.4) is 0 Å². The zero-order chi connectivity index (χ0) is 20.8. The van der Waals surface area contributed by atoms with E-state index in [9.17, 15) is 4.79 Å². The van der Waals surface area contributed by atoms with Crippen LogP contribution < -0.4 is 25.4 Å². The van der Waals surface area contributed by atoms with Crippen LogP contribution in [0.1, 0.15) is 39.0 Å². The summed E-state index contributed by atoms with van der Waals surface area (Å²) >= 11 is 0. The van der Waals surface area contributed by atoms with Crippen molar-refractivity contribution in [1.82, 2.24) is 15.3 Å². The van der Waals surface area contributed by atoms with Crippen molar-refractivity contribution in [2.75, 3.05) is 44.5 Å². The molecule has 1 fully saturated rings. The summed E-state index contributed by atoms with van der Waals surface area (Å²) in [4.78, 5) is 23.4. The van der Waals surface area contributed by atoms with Crippen LogP contribution in [-0.4, -0.2) is 55.2 Å². The quantitative estimate of drug-likeness (QED) is 0.583. The van der Waals surface area contributed by atoms with Crippen LogP contribution in [0, 0.1) is 5.92 Å². The van der Waals surface area contributed by atoms with Crippen LogP contribution in [0.2, 0.25) is 0 Å². The standard InChI is InChI=1S/C21H31N5O3.ClH.H2O/c1-4-5-8-23-19(27)11-14-6-9-26(10-7-14)21-24-16-13-18(29-3)17(28-2)12-15(16)20(22)25-21;;/h12-14H,4-11H2,1-3H3,(H,23,27)(H2,22,24,25);1H;1H2. The monoisotopic (exact) mass is 455 g/mol. The third-order valence-corrected chi connectivity index (χ3v) is 5.44. The molecule has 2 heterocycles. The van der Waals surface area contributed by atoms with Gasteiger partial charge in [0.1, 0.15) is 5.82 Å². The number of ether oxygens (including phenoxy) is 2. The molecule has 10 heteroatoms. The Kier molecular flexibility index (Phi) is 10.6. The van der Waals surface area contributed by atoms with Gasteiger partial charge in [-0.1, -0.05) is 13.3 Å². The van der Waals surface area contributed by atoms with E-state index in [0.717, 1.165) is 56.2 Å². The van der Waals surface area contributed by atoms with E-state index in [1.54, 1.807) is 20.3 Å². The van der Waals surface area contributed by atoms with Crippen LogP contribution in [0.15, 0.2) is 12.1 Å². The van der Waals surface area contributed by atoms with Gasteiger partial charge in [-0.15, -0.1) is 12.4 Å². The zero-order valence-corrected chi connectivity index (χ0v) is 19.3. The van der Waals surface area contributed by atoms with Gasteiger partial charge in [0.05, 0.1) is 19.7 Å². The molecule has 31 heavy (non-hydrogen) atoms. The minimum atomic E-state index is 0. The van der Waals surface area contributed by atoms with Gasteiger partial charge in [-0.2, -0.15) is 4.98 Å². The molecule has 1 aliphatic heterocycles. The fourth-order valence-electron chi connectivity index (χ4n) is 3.68. The third kappa shape index (κ3) is 6.48. The van der Waals surface area contributed by atoms with Crippen molar-refractivity contribution < 1.29 is 19.7 Å². The topological polar surface area (TPSA) is 134 Å². The predicted molar refractivity (Wildman–Crippen MR) is 125 cm³/mol. The van der Waals surface area contributed by atoms with Crippen molar-refractivity contribution in [3.05, 3.63) is 12.1 Å². The third-order valence-electron chi connectivity index (χ3n) is 5.44. The molecule has 0 saturated carbocycles. The second-order valence-electron chi connectivity index (χ2n) is 7.47. The fourth-order valence-corrected chi connectivity index (χ4v) is 3.68. The number of nitrogen functional groups attached to an aromatic ring is 1. The number of anilines is 2. The molecular weight excluding hydrogens is 422 g/mol. The summed E-state index contributed by atoms with van der Waals surface area (Å²) in [7, 11) is 3.18. The molecule has 1 aromatic heterocycles. The Bertz CT molecular complexity index is 859. The molecule has 9 nitrogen and oxygen atoms in total. The maximum absolute atomic E-state index is 12.1. The van der Waals surface area contributed by atoms with E-state index in [0.29, 0.717) is 35.6 Å². The van der Waals surface area contributed by atoms with Crippen molar-refractivity contribution in [2.24, 2.45) is 5.92 Å². The van der Waals surface area contributed by atoms with E-state index >= 15 is 0 Å². The Morgan fingerprint density at radius 2 is 1.84 bits per heavy atom. The first kappa shape index (κ1) is 26.5. The molecular formula is C21H34ClN5O4. The lowest BCUT2D eigenvalue weighted by Crippen LogP contribution is -2.37. The van der Waals surface area contributed by atoms with Gasteiger partial charge in [-0.05, 0) is 31.2 Å². The zero-order valence-electron chi connectivity index (χ0n) is 18.4. The predicted octanol–water partition coefficient (Wildman–Crippen LogP) is 2.35. The molecule has 5 N–H and O–H groups in total. The summed E-state index contributed by atoms with van der Waals surface area (Å²) in [5, 5.41) is 3.75. The van der Waals surface area contributed by atoms with Gasteiger partial charge >= 0.3 is 0 Å². The Morgan fingerprint density at radius 3 is 2.45 bits per heavy atom. The van der Waals surface area contributed by atoms with E-state index in [2.05, 4.69) is 22.1 Å². The normalized spacial score (nSPS) is 13.8. The highest BCUT2D eigenvalue weighted by Gasteiger charge is 2.24. The first-order chi connectivity index (χ1) is 14.0. The van der Waals surface area contributed by atoms with Gasteiger partial charge in [0.15, 0.2) is 11.5 Å². The summed E-state index contributed by atoms with van der Waals surface area (Å²) in [6.07, 6.45) is 4.59. The molecule has 3 rings (SSSR count). The van der Waals surface area contributed by atoms with E-state index in [1.807, 2.05) is 6.07 Å². The maximum Gasteiger partial charge on any atom is 0.227 e. The van der Waals surface area contributed by atoms with Crippen molar-refractivity contribution in [3.8, 4) is 11.5 Å². The number of methoxy groups -OCH3 is 2. The number of nitrogens with two attached hydrogens (primary N) is 1. The number of benzene rings is 1. The average molecular weight is 456 g/mol. The SMILES string of the molecule is CCCCNC(=O)CC1CCN(c2nc(N)c3cc(OC)c(OC)cc3n2)CC1.Cl.O. The molecule has 0 spiro atoms. The second-order valence-corrected chi connectivity index (χ2v) is 7.47. The van der Waals surface area contributed by atoms with Gasteiger partial charge in [0.25, 0.3) is 0 Å². The number of hydrogen-bond donors (Lipinski definition) is 2. The Labute approximate surface area is 189 Å². The number of halogens is 1. The van der Waals surface area contributed by atoms with E-state index in [4.69, 9.17) is 20.2 Å². The molecule has 0 aliphatic carbocycles. The highest BCUT2D eigenvalue weighted by molar-refractivity contribution is 5.91. The fraction of sp³-hybridized carbons (Fsp3) is 0.571. The van der Waals surface area contributed by atoms with Gasteiger partial charge in [0.2, 0.25) is 11.9 Å². The lowest BCUT2D eigenvalue weighted by molar-refractivity contribution is -0.122. The second kappa shape index (κ2) is 12.4. The molecule has 1 aliphatic rings. The smallest absolute Gasteiger partial charge is 0.227 e. The van der Waals surface area contributed by atoms with E-state index < -0.39 is 0 Å². The Morgan fingerprint density at radius 1 is 1.19 bits per heavy atom. The van der Waals surface area contributed by atoms with Gasteiger partial charge in [-0.25, -0.2) is 4.98 Å². The maximum atomic E-state index is 12.1. The molecule has 0 bridgehead atoms. The molecule has 2 aromatic rings. The number of carbonyl (C=O) groups excluding carboxylic acids is 1. The number of nitrogens with one attached hydrogen (secondary N) is 1. The number of unbranched alkanes of at least 4 members (excludes halogenated alkanes) is 1. The first-order valence-electron chi connectivity index (χ1n) is 10.3. The molecule has 0 radical (unpaired) electrons. The summed E-state index contributed by atoms with van der Waals surface area (Å²) in [6, 6.07) is 3.62. The molecule has 1 aromatic carbocycles. The van der Waals surface area contributed by atoms with Crippen LogP contribution in [-0.2, 0) is 4.79 Å². The number of rotatable bonds is 8. The first-order valence-corrected chi connectivity index (χ1v) is 10.3.